The Morgan fingerprint density at radius 1 is 1.24 bits per heavy atom. The number of imidazole rings is 1. The standard InChI is InChI=1S/C16H24BrN3O/c1-5-6-18-14(9-16(2,3)4)10-7-12-13(8-11(10)17)20-15(21)19-12/h7-8,14,18H,5-6,9H2,1-4H3,(H2,19,20,21). The van der Waals surface area contributed by atoms with Crippen LogP contribution < -0.4 is 11.0 Å². The molecule has 4 nitrogen and oxygen atoms in total. The molecule has 3 N–H and O–H groups in total. The Bertz CT molecular complexity index is 666. The third kappa shape index (κ3) is 4.20. The molecule has 0 fully saturated rings. The zero-order valence-corrected chi connectivity index (χ0v) is 14.7. The number of H-pyrrole nitrogens is 2. The minimum atomic E-state index is -0.164. The van der Waals surface area contributed by atoms with E-state index in [1.807, 2.05) is 6.07 Å². The van der Waals surface area contributed by atoms with Crippen LogP contribution in [0.4, 0.5) is 0 Å². The largest absolute Gasteiger partial charge is 0.323 e. The Hall–Kier alpha value is -1.07. The number of nitrogens with one attached hydrogen (secondary N) is 3. The third-order valence-electron chi connectivity index (χ3n) is 3.47. The van der Waals surface area contributed by atoms with Crippen molar-refractivity contribution >= 4 is 27.0 Å². The fourth-order valence-corrected chi connectivity index (χ4v) is 3.18. The minimum absolute atomic E-state index is 0.164. The first-order valence-electron chi connectivity index (χ1n) is 7.45. The molecule has 2 rings (SSSR count). The molecule has 0 amide bonds. The van der Waals surface area contributed by atoms with Gasteiger partial charge >= 0.3 is 5.69 Å². The van der Waals surface area contributed by atoms with Crippen LogP contribution in [-0.4, -0.2) is 16.5 Å². The molecule has 0 spiro atoms. The van der Waals surface area contributed by atoms with Crippen LogP contribution in [0.25, 0.3) is 11.0 Å². The van der Waals surface area contributed by atoms with Crippen LogP contribution in [-0.2, 0) is 0 Å². The van der Waals surface area contributed by atoms with Crippen LogP contribution in [0.1, 0.15) is 52.1 Å². The van der Waals surface area contributed by atoms with E-state index in [9.17, 15) is 4.79 Å². The van der Waals surface area contributed by atoms with E-state index in [4.69, 9.17) is 0 Å². The molecule has 1 aromatic heterocycles. The second kappa shape index (κ2) is 6.36. The number of halogens is 1. The third-order valence-corrected chi connectivity index (χ3v) is 4.15. The fraction of sp³-hybridized carbons (Fsp3) is 0.562. The first kappa shape index (κ1) is 16.3. The Balaban J connectivity index is 2.41. The summed E-state index contributed by atoms with van der Waals surface area (Å²) in [5.41, 5.74) is 2.95. The normalized spacial score (nSPS) is 13.8. The van der Waals surface area contributed by atoms with E-state index in [-0.39, 0.29) is 17.1 Å². The number of benzene rings is 1. The maximum atomic E-state index is 11.4. The predicted octanol–water partition coefficient (Wildman–Crippen LogP) is 4.10. The Morgan fingerprint density at radius 3 is 2.43 bits per heavy atom. The van der Waals surface area contributed by atoms with E-state index in [1.54, 1.807) is 0 Å². The molecule has 0 aliphatic carbocycles. The Kier molecular flexibility index (Phi) is 4.94. The maximum Gasteiger partial charge on any atom is 0.323 e. The number of rotatable bonds is 5. The van der Waals surface area contributed by atoms with Gasteiger partial charge in [0, 0.05) is 10.5 Å². The van der Waals surface area contributed by atoms with Crippen molar-refractivity contribution in [1.82, 2.24) is 15.3 Å². The van der Waals surface area contributed by atoms with Crippen LogP contribution >= 0.6 is 15.9 Å². The first-order chi connectivity index (χ1) is 9.80. The van der Waals surface area contributed by atoms with E-state index in [0.717, 1.165) is 34.9 Å². The topological polar surface area (TPSA) is 60.7 Å². The molecule has 1 heterocycles. The summed E-state index contributed by atoms with van der Waals surface area (Å²) in [4.78, 5) is 17.1. The smallest absolute Gasteiger partial charge is 0.310 e. The number of hydrogen-bond donors (Lipinski definition) is 3. The number of fused-ring (bicyclic) bond motifs is 1. The summed E-state index contributed by atoms with van der Waals surface area (Å²) in [5, 5.41) is 3.62. The Labute approximate surface area is 133 Å². The molecule has 0 saturated heterocycles. The SMILES string of the molecule is CCCNC(CC(C)(C)C)c1cc2[nH]c(=O)[nH]c2cc1Br. The van der Waals surface area contributed by atoms with E-state index < -0.39 is 0 Å². The summed E-state index contributed by atoms with van der Waals surface area (Å²) in [6, 6.07) is 4.31. The zero-order chi connectivity index (χ0) is 15.6. The summed E-state index contributed by atoms with van der Waals surface area (Å²) in [6.45, 7) is 9.90. The van der Waals surface area contributed by atoms with Gasteiger partial charge < -0.3 is 15.3 Å². The lowest BCUT2D eigenvalue weighted by molar-refractivity contribution is 0.311. The highest BCUT2D eigenvalue weighted by atomic mass is 79.9. The number of aromatic nitrogens is 2. The fourth-order valence-electron chi connectivity index (χ4n) is 2.56. The minimum Gasteiger partial charge on any atom is -0.310 e. The summed E-state index contributed by atoms with van der Waals surface area (Å²) in [6.07, 6.45) is 2.13. The van der Waals surface area contributed by atoms with E-state index in [2.05, 4.69) is 65.0 Å². The molecule has 0 saturated carbocycles. The highest BCUT2D eigenvalue weighted by Gasteiger charge is 2.22. The highest BCUT2D eigenvalue weighted by molar-refractivity contribution is 9.10. The van der Waals surface area contributed by atoms with Gasteiger partial charge in [-0.1, -0.05) is 43.6 Å². The van der Waals surface area contributed by atoms with Crippen molar-refractivity contribution < 1.29 is 0 Å². The molecule has 116 valence electrons. The quantitative estimate of drug-likeness (QED) is 0.757. The van der Waals surface area contributed by atoms with Gasteiger partial charge in [-0.25, -0.2) is 4.79 Å². The maximum absolute atomic E-state index is 11.4. The zero-order valence-electron chi connectivity index (χ0n) is 13.1. The van der Waals surface area contributed by atoms with Gasteiger partial charge in [-0.2, -0.15) is 0 Å². The average Bonchev–Trinajstić information content (AvgIpc) is 2.71. The second-order valence-electron chi connectivity index (χ2n) is 6.77. The van der Waals surface area contributed by atoms with E-state index in [1.165, 1.54) is 5.56 Å². The Morgan fingerprint density at radius 2 is 1.86 bits per heavy atom. The monoisotopic (exact) mass is 353 g/mol. The predicted molar refractivity (Wildman–Crippen MR) is 91.7 cm³/mol. The van der Waals surface area contributed by atoms with Crippen molar-refractivity contribution in [3.8, 4) is 0 Å². The van der Waals surface area contributed by atoms with Crippen LogP contribution in [0, 0.1) is 5.41 Å². The molecule has 1 aromatic carbocycles. The van der Waals surface area contributed by atoms with E-state index in [0.29, 0.717) is 0 Å². The first-order valence-corrected chi connectivity index (χ1v) is 8.24. The van der Waals surface area contributed by atoms with Gasteiger partial charge in [0.25, 0.3) is 0 Å². The molecule has 1 unspecified atom stereocenters. The number of aromatic amines is 2. The average molecular weight is 354 g/mol. The lowest BCUT2D eigenvalue weighted by Gasteiger charge is -2.28. The van der Waals surface area contributed by atoms with Crippen molar-refractivity contribution in [1.29, 1.82) is 0 Å². The lowest BCUT2D eigenvalue weighted by atomic mass is 9.85. The molecule has 0 aliphatic rings. The molecular formula is C16H24BrN3O. The van der Waals surface area contributed by atoms with Gasteiger partial charge in [-0.3, -0.25) is 0 Å². The molecule has 21 heavy (non-hydrogen) atoms. The second-order valence-corrected chi connectivity index (χ2v) is 7.62. The molecule has 5 heteroatoms. The lowest BCUT2D eigenvalue weighted by Crippen LogP contribution is -2.26. The highest BCUT2D eigenvalue weighted by Crippen LogP contribution is 2.34. The van der Waals surface area contributed by atoms with Gasteiger partial charge in [-0.15, -0.1) is 0 Å². The van der Waals surface area contributed by atoms with E-state index >= 15 is 0 Å². The molecule has 1 atom stereocenters. The summed E-state index contributed by atoms with van der Waals surface area (Å²) in [7, 11) is 0. The van der Waals surface area contributed by atoms with Crippen molar-refractivity contribution in [2.24, 2.45) is 5.41 Å². The molecular weight excluding hydrogens is 330 g/mol. The number of hydrogen-bond acceptors (Lipinski definition) is 2. The van der Waals surface area contributed by atoms with Gasteiger partial charge in [-0.05, 0) is 42.5 Å². The van der Waals surface area contributed by atoms with Crippen molar-refractivity contribution in [3.63, 3.8) is 0 Å². The van der Waals surface area contributed by atoms with Crippen LogP contribution in [0.2, 0.25) is 0 Å². The van der Waals surface area contributed by atoms with Gasteiger partial charge in [0.2, 0.25) is 0 Å². The molecule has 0 bridgehead atoms. The summed E-state index contributed by atoms with van der Waals surface area (Å²) in [5.74, 6) is 0. The van der Waals surface area contributed by atoms with Crippen molar-refractivity contribution in [2.45, 2.75) is 46.6 Å². The summed E-state index contributed by atoms with van der Waals surface area (Å²) < 4.78 is 1.03. The van der Waals surface area contributed by atoms with Crippen LogP contribution in [0.5, 0.6) is 0 Å². The van der Waals surface area contributed by atoms with Crippen LogP contribution in [0.15, 0.2) is 21.4 Å². The van der Waals surface area contributed by atoms with Crippen molar-refractivity contribution in [2.75, 3.05) is 6.54 Å². The van der Waals surface area contributed by atoms with Crippen molar-refractivity contribution in [3.05, 3.63) is 32.7 Å². The van der Waals surface area contributed by atoms with Gasteiger partial charge in [0.1, 0.15) is 0 Å². The molecule has 2 aromatic rings. The van der Waals surface area contributed by atoms with Gasteiger partial charge in [0.15, 0.2) is 0 Å². The molecule has 0 radical (unpaired) electrons. The summed E-state index contributed by atoms with van der Waals surface area (Å²) >= 11 is 3.65. The van der Waals surface area contributed by atoms with Crippen LogP contribution in [0.3, 0.4) is 0 Å². The molecule has 0 aliphatic heterocycles. The van der Waals surface area contributed by atoms with Gasteiger partial charge in [0.05, 0.1) is 11.0 Å².